The highest BCUT2D eigenvalue weighted by atomic mass is 16.3. The quantitative estimate of drug-likeness (QED) is 0.494. The van der Waals surface area contributed by atoms with Crippen molar-refractivity contribution in [3.8, 4) is 11.5 Å². The first-order valence-electron chi connectivity index (χ1n) is 6.45. The Labute approximate surface area is 118 Å². The smallest absolute Gasteiger partial charge is 0.225 e. The zero-order chi connectivity index (χ0) is 15.1. The summed E-state index contributed by atoms with van der Waals surface area (Å²) in [6, 6.07) is 4.85. The molecule has 2 rings (SSSR count). The first-order chi connectivity index (χ1) is 9.47. The third-order valence-electron chi connectivity index (χ3n) is 2.86. The first kappa shape index (κ1) is 15.7. The summed E-state index contributed by atoms with van der Waals surface area (Å²) in [5.41, 5.74) is 1.94. The van der Waals surface area contributed by atoms with Crippen LogP contribution in [0.4, 0.5) is 0 Å². The Hall–Kier alpha value is -2.36. The molecule has 0 saturated heterocycles. The number of rotatable bonds is 2. The number of carbonyl (C=O) groups excluding carboxylic acids is 2. The van der Waals surface area contributed by atoms with Crippen molar-refractivity contribution < 1.29 is 19.8 Å². The van der Waals surface area contributed by atoms with Gasteiger partial charge in [0.25, 0.3) is 0 Å². The van der Waals surface area contributed by atoms with Crippen LogP contribution in [0.15, 0.2) is 42.0 Å². The van der Waals surface area contributed by atoms with Crippen LogP contribution < -0.4 is 0 Å². The van der Waals surface area contributed by atoms with Crippen LogP contribution in [0.1, 0.15) is 25.8 Å². The van der Waals surface area contributed by atoms with Gasteiger partial charge in [-0.25, -0.2) is 0 Å². The summed E-state index contributed by atoms with van der Waals surface area (Å²) >= 11 is 0. The summed E-state index contributed by atoms with van der Waals surface area (Å²) in [5, 5.41) is 17.9. The summed E-state index contributed by atoms with van der Waals surface area (Å²) in [6.45, 7) is 3.94. The van der Waals surface area contributed by atoms with Gasteiger partial charge >= 0.3 is 0 Å². The standard InChI is InChI=1S/C8H10O2.C8H8O2/c2*1-2-6-3-4-7(9)8(10)5-6/h3-5,9-10H,2H2,1H3;3-5H,2H2,1H3. The monoisotopic (exact) mass is 274 g/mol. The maximum atomic E-state index is 10.7. The maximum absolute atomic E-state index is 10.7. The largest absolute Gasteiger partial charge is 0.504 e. The fourth-order valence-electron chi connectivity index (χ4n) is 1.56. The van der Waals surface area contributed by atoms with Gasteiger partial charge in [-0.05, 0) is 48.3 Å². The molecule has 0 aromatic heterocycles. The molecule has 0 aliphatic heterocycles. The molecule has 0 bridgehead atoms. The molecule has 1 aromatic carbocycles. The average molecular weight is 274 g/mol. The Morgan fingerprint density at radius 1 is 0.900 bits per heavy atom. The number of carbonyl (C=O) groups is 2. The molecular formula is C16H18O4. The minimum atomic E-state index is -0.419. The second-order valence-electron chi connectivity index (χ2n) is 4.31. The van der Waals surface area contributed by atoms with E-state index in [2.05, 4.69) is 0 Å². The SMILES string of the molecule is CCC1=CC(=O)C(=O)C=C1.CCc1ccc(O)c(O)c1. The lowest BCUT2D eigenvalue weighted by Gasteiger charge is -1.99. The van der Waals surface area contributed by atoms with Crippen molar-refractivity contribution in [1.82, 2.24) is 0 Å². The minimum Gasteiger partial charge on any atom is -0.504 e. The van der Waals surface area contributed by atoms with Gasteiger partial charge < -0.3 is 10.2 Å². The van der Waals surface area contributed by atoms with E-state index < -0.39 is 11.6 Å². The number of aromatic hydroxyl groups is 2. The van der Waals surface area contributed by atoms with Gasteiger partial charge in [0.05, 0.1) is 0 Å². The van der Waals surface area contributed by atoms with Crippen molar-refractivity contribution in [3.05, 3.63) is 47.6 Å². The highest BCUT2D eigenvalue weighted by Gasteiger charge is 2.11. The number of aryl methyl sites for hydroxylation is 1. The summed E-state index contributed by atoms with van der Waals surface area (Å²) in [5.74, 6) is -0.923. The Morgan fingerprint density at radius 2 is 1.60 bits per heavy atom. The molecule has 0 saturated carbocycles. The van der Waals surface area contributed by atoms with E-state index in [-0.39, 0.29) is 11.5 Å². The van der Waals surface area contributed by atoms with E-state index in [0.717, 1.165) is 24.0 Å². The summed E-state index contributed by atoms with van der Waals surface area (Å²) in [6.07, 6.45) is 6.07. The minimum absolute atomic E-state index is 0.0423. The second kappa shape index (κ2) is 7.28. The summed E-state index contributed by atoms with van der Waals surface area (Å²) in [7, 11) is 0. The highest BCUT2D eigenvalue weighted by Crippen LogP contribution is 2.24. The Kier molecular flexibility index (Phi) is 5.72. The van der Waals surface area contributed by atoms with Crippen LogP contribution in [0.3, 0.4) is 0 Å². The van der Waals surface area contributed by atoms with Crippen molar-refractivity contribution in [2.75, 3.05) is 0 Å². The zero-order valence-corrected chi connectivity index (χ0v) is 11.6. The molecule has 1 aliphatic carbocycles. The fraction of sp³-hybridized carbons (Fsp3) is 0.250. The number of hydrogen-bond acceptors (Lipinski definition) is 4. The number of phenolic OH excluding ortho intramolecular Hbond substituents is 2. The van der Waals surface area contributed by atoms with Crippen molar-refractivity contribution in [3.63, 3.8) is 0 Å². The summed E-state index contributed by atoms with van der Waals surface area (Å²) < 4.78 is 0. The molecule has 0 radical (unpaired) electrons. The van der Waals surface area contributed by atoms with E-state index in [0.29, 0.717) is 0 Å². The fourth-order valence-corrected chi connectivity index (χ4v) is 1.56. The van der Waals surface area contributed by atoms with Crippen LogP contribution in [-0.2, 0) is 16.0 Å². The second-order valence-corrected chi connectivity index (χ2v) is 4.31. The van der Waals surface area contributed by atoms with Crippen molar-refractivity contribution in [1.29, 1.82) is 0 Å². The topological polar surface area (TPSA) is 74.6 Å². The number of phenols is 2. The van der Waals surface area contributed by atoms with E-state index in [9.17, 15) is 9.59 Å². The lowest BCUT2D eigenvalue weighted by molar-refractivity contribution is -0.131. The molecule has 1 aliphatic rings. The molecule has 2 N–H and O–H groups in total. The predicted molar refractivity (Wildman–Crippen MR) is 76.7 cm³/mol. The molecule has 4 heteroatoms. The molecule has 0 atom stereocenters. The summed E-state index contributed by atoms with van der Waals surface area (Å²) in [4.78, 5) is 21.3. The first-order valence-corrected chi connectivity index (χ1v) is 6.45. The van der Waals surface area contributed by atoms with Gasteiger partial charge in [-0.2, -0.15) is 0 Å². The van der Waals surface area contributed by atoms with Crippen molar-refractivity contribution in [2.24, 2.45) is 0 Å². The predicted octanol–water partition coefficient (Wildman–Crippen LogP) is 2.69. The van der Waals surface area contributed by atoms with Gasteiger partial charge in [-0.1, -0.05) is 26.0 Å². The zero-order valence-electron chi connectivity index (χ0n) is 11.6. The molecule has 106 valence electrons. The Bertz CT molecular complexity index is 568. The van der Waals surface area contributed by atoms with Crippen molar-refractivity contribution in [2.45, 2.75) is 26.7 Å². The molecule has 0 unspecified atom stereocenters. The Morgan fingerprint density at radius 3 is 2.10 bits per heavy atom. The normalized spacial score (nSPS) is 13.6. The van der Waals surface area contributed by atoms with Crippen molar-refractivity contribution >= 4 is 11.6 Å². The maximum Gasteiger partial charge on any atom is 0.225 e. The molecule has 0 amide bonds. The molecule has 20 heavy (non-hydrogen) atoms. The van der Waals surface area contributed by atoms with E-state index in [4.69, 9.17) is 10.2 Å². The van der Waals surface area contributed by atoms with Crippen LogP contribution in [0.5, 0.6) is 11.5 Å². The molecule has 4 nitrogen and oxygen atoms in total. The van der Waals surface area contributed by atoms with Crippen LogP contribution >= 0.6 is 0 Å². The van der Waals surface area contributed by atoms with Crippen LogP contribution in [0, 0.1) is 0 Å². The highest BCUT2D eigenvalue weighted by molar-refractivity contribution is 6.46. The number of ketones is 2. The van der Waals surface area contributed by atoms with E-state index in [1.807, 2.05) is 13.8 Å². The van der Waals surface area contributed by atoms with Crippen LogP contribution in [0.25, 0.3) is 0 Å². The third-order valence-corrected chi connectivity index (χ3v) is 2.86. The number of hydrogen-bond donors (Lipinski definition) is 2. The van der Waals surface area contributed by atoms with Crippen LogP contribution in [0.2, 0.25) is 0 Å². The van der Waals surface area contributed by atoms with Gasteiger partial charge in [-0.3, -0.25) is 9.59 Å². The van der Waals surface area contributed by atoms with E-state index in [1.165, 1.54) is 18.2 Å². The van der Waals surface area contributed by atoms with Crippen LogP contribution in [-0.4, -0.2) is 21.8 Å². The van der Waals surface area contributed by atoms with Gasteiger partial charge in [0.1, 0.15) is 0 Å². The lowest BCUT2D eigenvalue weighted by atomic mass is 10.0. The molecule has 1 aromatic rings. The number of allylic oxidation sites excluding steroid dienone is 4. The third kappa shape index (κ3) is 4.39. The van der Waals surface area contributed by atoms with Gasteiger partial charge in [0.15, 0.2) is 11.5 Å². The molecule has 0 fully saturated rings. The lowest BCUT2D eigenvalue weighted by Crippen LogP contribution is -2.11. The number of benzene rings is 1. The van der Waals surface area contributed by atoms with E-state index >= 15 is 0 Å². The Balaban J connectivity index is 0.000000200. The molecular weight excluding hydrogens is 256 g/mol. The average Bonchev–Trinajstić information content (AvgIpc) is 2.45. The molecule has 0 heterocycles. The van der Waals surface area contributed by atoms with Gasteiger partial charge in [0, 0.05) is 0 Å². The van der Waals surface area contributed by atoms with E-state index in [1.54, 1.807) is 18.2 Å². The van der Waals surface area contributed by atoms with Gasteiger partial charge in [0.2, 0.25) is 11.6 Å². The van der Waals surface area contributed by atoms with Gasteiger partial charge in [-0.15, -0.1) is 0 Å². The molecule has 0 spiro atoms.